The Morgan fingerprint density at radius 1 is 0.943 bits per heavy atom. The number of hydrogen-bond donors (Lipinski definition) is 4. The van der Waals surface area contributed by atoms with Crippen molar-refractivity contribution >= 4 is 52.3 Å². The van der Waals surface area contributed by atoms with Crippen LogP contribution in [0.3, 0.4) is 0 Å². The number of ether oxygens (including phenoxy) is 1. The fourth-order valence-electron chi connectivity index (χ4n) is 8.39. The van der Waals surface area contributed by atoms with Gasteiger partial charge in [-0.05, 0) is 84.3 Å². The number of aliphatic hydroxyl groups is 1. The molecule has 3 aromatic heterocycles. The SMILES string of the molecule is Cc1ncsc1-c1ccc([C@H](C)CC(=O)C2C[C@@H](O)CN2C(=O)[C@@H](NC(=O)COCCNc2ccc(-c3ccc(C(=O)N[C@@H](C)Cn4ccc(-c5ccc(C#N)c(Cl)c5)n4)cc3)cn2)C(C)(C)C)cc1. The molecule has 7 rings (SSSR count). The topological polar surface area (TPSA) is 204 Å². The van der Waals surface area contributed by atoms with Gasteiger partial charge in [-0.15, -0.1) is 11.3 Å². The Hall–Kier alpha value is -6.77. The quantitative estimate of drug-likeness (QED) is 0.0572. The lowest BCUT2D eigenvalue weighted by Crippen LogP contribution is -2.57. The van der Waals surface area contributed by atoms with Gasteiger partial charge in [-0.1, -0.05) is 81.8 Å². The monoisotopic (exact) mass is 983 g/mol. The van der Waals surface area contributed by atoms with E-state index in [1.165, 1.54) is 4.90 Å². The molecule has 1 fully saturated rings. The summed E-state index contributed by atoms with van der Waals surface area (Å²) in [5.74, 6) is -0.733. The fraction of sp³-hybridized carbons (Fsp3) is 0.358. The Labute approximate surface area is 417 Å². The number of hydrogen-bond acceptors (Lipinski definition) is 12. The number of nitrogens with one attached hydrogen (secondary N) is 3. The number of aromatic nitrogens is 4. The number of aliphatic hydroxyl groups excluding tert-OH is 1. The molecule has 0 radical (unpaired) electrons. The van der Waals surface area contributed by atoms with E-state index >= 15 is 0 Å². The molecule has 70 heavy (non-hydrogen) atoms. The summed E-state index contributed by atoms with van der Waals surface area (Å²) in [6.07, 6.45) is 3.05. The number of thiazole rings is 1. The average molecular weight is 985 g/mol. The number of pyridine rings is 1. The molecule has 0 bridgehead atoms. The number of nitrogens with zero attached hydrogens (tertiary/aromatic N) is 6. The van der Waals surface area contributed by atoms with E-state index in [-0.39, 0.29) is 56.3 Å². The van der Waals surface area contributed by atoms with E-state index in [9.17, 15) is 24.3 Å². The molecule has 3 amide bonds. The molecule has 0 spiro atoms. The van der Waals surface area contributed by atoms with Gasteiger partial charge in [0.15, 0.2) is 5.78 Å². The third kappa shape index (κ3) is 12.9. The van der Waals surface area contributed by atoms with Crippen molar-refractivity contribution in [3.63, 3.8) is 0 Å². The van der Waals surface area contributed by atoms with Gasteiger partial charge in [0.1, 0.15) is 24.5 Å². The van der Waals surface area contributed by atoms with Crippen LogP contribution in [0.15, 0.2) is 103 Å². The summed E-state index contributed by atoms with van der Waals surface area (Å²) < 4.78 is 7.41. The summed E-state index contributed by atoms with van der Waals surface area (Å²) >= 11 is 7.78. The van der Waals surface area contributed by atoms with E-state index in [4.69, 9.17) is 21.6 Å². The largest absolute Gasteiger partial charge is 0.391 e. The summed E-state index contributed by atoms with van der Waals surface area (Å²) in [5, 5.41) is 33.8. The maximum atomic E-state index is 14.1. The maximum Gasteiger partial charge on any atom is 0.251 e. The third-order valence-corrected chi connectivity index (χ3v) is 13.5. The predicted molar refractivity (Wildman–Crippen MR) is 271 cm³/mol. The number of ketones is 1. The van der Waals surface area contributed by atoms with Gasteiger partial charge in [0.2, 0.25) is 11.8 Å². The third-order valence-electron chi connectivity index (χ3n) is 12.2. The van der Waals surface area contributed by atoms with Gasteiger partial charge in [0, 0.05) is 61.1 Å². The van der Waals surface area contributed by atoms with Gasteiger partial charge in [-0.2, -0.15) is 10.4 Å². The second-order valence-corrected chi connectivity index (χ2v) is 20.1. The average Bonchev–Trinajstić information content (AvgIpc) is 4.10. The molecule has 3 aromatic carbocycles. The molecule has 15 nitrogen and oxygen atoms in total. The summed E-state index contributed by atoms with van der Waals surface area (Å²) in [6.45, 7) is 12.1. The summed E-state index contributed by atoms with van der Waals surface area (Å²) in [4.78, 5) is 65.5. The van der Waals surface area contributed by atoms with E-state index < -0.39 is 35.4 Å². The van der Waals surface area contributed by atoms with Crippen molar-refractivity contribution in [3.05, 3.63) is 130 Å². The molecule has 1 aliphatic rings. The Morgan fingerprint density at radius 3 is 2.31 bits per heavy atom. The minimum absolute atomic E-state index is 0.00848. The number of benzene rings is 3. The normalized spacial score (nSPS) is 16.0. The Bertz CT molecular complexity index is 2840. The summed E-state index contributed by atoms with van der Waals surface area (Å²) in [7, 11) is 0. The van der Waals surface area contributed by atoms with Crippen LogP contribution in [0, 0.1) is 23.7 Å². The number of likely N-dealkylation sites (tertiary alicyclic amines) is 1. The van der Waals surface area contributed by atoms with Crippen LogP contribution in [0.4, 0.5) is 5.82 Å². The number of β-amino-alcohol motifs (C(OH)–C–C–N with tert-alkyl or cyclic N) is 1. The number of rotatable bonds is 19. The number of carbonyl (C=O) groups is 4. The molecule has 0 saturated carbocycles. The van der Waals surface area contributed by atoms with Gasteiger partial charge >= 0.3 is 0 Å². The van der Waals surface area contributed by atoms with Gasteiger partial charge in [-0.25, -0.2) is 9.97 Å². The molecule has 4 heterocycles. The van der Waals surface area contributed by atoms with Crippen molar-refractivity contribution in [3.8, 4) is 38.9 Å². The zero-order chi connectivity index (χ0) is 50.1. The molecule has 1 saturated heterocycles. The van der Waals surface area contributed by atoms with Crippen molar-refractivity contribution in [2.24, 2.45) is 5.41 Å². The van der Waals surface area contributed by atoms with Crippen molar-refractivity contribution in [2.45, 2.75) is 91.1 Å². The van der Waals surface area contributed by atoms with Crippen LogP contribution in [0.25, 0.3) is 32.8 Å². The zero-order valence-electron chi connectivity index (χ0n) is 40.1. The molecular formula is C53H58ClN9O6S. The Kier molecular flexibility index (Phi) is 16.6. The molecule has 4 N–H and O–H groups in total. The summed E-state index contributed by atoms with van der Waals surface area (Å²) in [5.41, 5.74) is 8.33. The molecule has 5 atom stereocenters. The van der Waals surface area contributed by atoms with Crippen LogP contribution in [-0.4, -0.2) is 104 Å². The van der Waals surface area contributed by atoms with E-state index in [1.54, 1.807) is 52.5 Å². The van der Waals surface area contributed by atoms with Crippen molar-refractivity contribution in [1.29, 1.82) is 5.26 Å². The van der Waals surface area contributed by atoms with Gasteiger partial charge < -0.3 is 30.7 Å². The number of nitriles is 1. The molecule has 1 aliphatic heterocycles. The smallest absolute Gasteiger partial charge is 0.251 e. The van der Waals surface area contributed by atoms with Crippen molar-refractivity contribution < 1.29 is 29.0 Å². The molecule has 364 valence electrons. The van der Waals surface area contributed by atoms with Crippen LogP contribution in [-0.2, 0) is 25.7 Å². The first kappa shape index (κ1) is 51.1. The Balaban J connectivity index is 0.831. The number of Topliss-reactive ketones (excluding diaryl/α,β-unsaturated/α-hetero) is 1. The van der Waals surface area contributed by atoms with Crippen LogP contribution >= 0.6 is 22.9 Å². The van der Waals surface area contributed by atoms with Crippen LogP contribution < -0.4 is 16.0 Å². The molecule has 1 unspecified atom stereocenters. The minimum Gasteiger partial charge on any atom is -0.391 e. The lowest BCUT2D eigenvalue weighted by Gasteiger charge is -2.35. The summed E-state index contributed by atoms with van der Waals surface area (Å²) in [6, 6.07) is 26.2. The second-order valence-electron chi connectivity index (χ2n) is 18.8. The number of aryl methyl sites for hydroxylation is 1. The molecule has 6 aromatic rings. The Morgan fingerprint density at radius 2 is 1.66 bits per heavy atom. The highest BCUT2D eigenvalue weighted by Gasteiger charge is 2.44. The first-order valence-corrected chi connectivity index (χ1v) is 24.5. The highest BCUT2D eigenvalue weighted by atomic mass is 35.5. The van der Waals surface area contributed by atoms with E-state index in [1.807, 2.05) is 108 Å². The van der Waals surface area contributed by atoms with Crippen molar-refractivity contribution in [2.75, 3.05) is 31.6 Å². The lowest BCUT2D eigenvalue weighted by atomic mass is 9.85. The first-order valence-electron chi connectivity index (χ1n) is 23.2. The van der Waals surface area contributed by atoms with E-state index in [0.29, 0.717) is 40.8 Å². The van der Waals surface area contributed by atoms with Gasteiger partial charge in [-0.3, -0.25) is 23.9 Å². The van der Waals surface area contributed by atoms with Crippen molar-refractivity contribution in [1.82, 2.24) is 35.3 Å². The van der Waals surface area contributed by atoms with Crippen LogP contribution in [0.2, 0.25) is 5.02 Å². The van der Waals surface area contributed by atoms with Crippen LogP contribution in [0.5, 0.6) is 0 Å². The van der Waals surface area contributed by atoms with E-state index in [2.05, 4.69) is 37.1 Å². The maximum absolute atomic E-state index is 14.1. The first-order chi connectivity index (χ1) is 33.5. The van der Waals surface area contributed by atoms with Crippen LogP contribution in [0.1, 0.15) is 80.6 Å². The number of carbonyl (C=O) groups excluding carboxylic acids is 4. The second kappa shape index (κ2) is 22.8. The minimum atomic E-state index is -0.959. The highest BCUT2D eigenvalue weighted by molar-refractivity contribution is 7.13. The number of amides is 3. The predicted octanol–water partition coefficient (Wildman–Crippen LogP) is 8.07. The lowest BCUT2D eigenvalue weighted by molar-refractivity contribution is -0.144. The molecular weight excluding hydrogens is 926 g/mol. The highest BCUT2D eigenvalue weighted by Crippen LogP contribution is 2.32. The van der Waals surface area contributed by atoms with Gasteiger partial charge in [0.25, 0.3) is 5.91 Å². The fourth-order valence-corrected chi connectivity index (χ4v) is 9.43. The molecule has 0 aliphatic carbocycles. The zero-order valence-corrected chi connectivity index (χ0v) is 41.7. The number of anilines is 1. The number of halogens is 1. The standard InChI is InChI=1S/C53H58ClN9O6S/c1-32(35-7-11-37(12-8-35)49-34(3)58-31-70-49)23-46(65)45-25-42(64)29-63(45)52(68)50(53(4,5)6)60-48(66)30-69-22-20-56-47-18-17-41(27-57-47)36-9-13-38(14-10-36)51(67)59-33(2)28-62-21-19-44(61-62)39-15-16-40(26-55)43(54)24-39/h7-19,21,24,27,31-33,42,45,50,64H,20,22-23,25,28-30H2,1-6H3,(H,56,57)(H,59,67)(H,60,66)/t32-,33+,42-,45?,50-/m1/s1. The molecule has 17 heteroatoms. The van der Waals surface area contributed by atoms with E-state index in [0.717, 1.165) is 38.4 Å². The van der Waals surface area contributed by atoms with Gasteiger partial charge in [0.05, 0.1) is 57.7 Å².